The van der Waals surface area contributed by atoms with E-state index in [1.165, 1.54) is 43.5 Å². The van der Waals surface area contributed by atoms with Crippen LogP contribution in [-0.2, 0) is 4.74 Å². The molecule has 0 radical (unpaired) electrons. The standard InChI is InChI=1S/C22H22O11/c1-30-14-6-9(2-5-12(14)25)20-21(16(26)11-4-3-10(24)7-13(11)31-20)33-22-19(29)18(28)17(27)15(8-23)32-22/h2-7,15,17-19,22-25,27-29H,8H2,1H3/t15-,17-,18+,19-,22+/m1/s1. The van der Waals surface area contributed by atoms with Crippen LogP contribution >= 0.6 is 0 Å². The van der Waals surface area contributed by atoms with Gasteiger partial charge < -0.3 is 49.3 Å². The third kappa shape index (κ3) is 4.08. The number of ether oxygens (including phenoxy) is 3. The van der Waals surface area contributed by atoms with Crippen molar-refractivity contribution in [2.75, 3.05) is 13.7 Å². The Kier molecular flexibility index (Phi) is 6.15. The highest BCUT2D eigenvalue weighted by Crippen LogP contribution is 2.37. The molecule has 0 amide bonds. The maximum Gasteiger partial charge on any atom is 0.235 e. The molecule has 1 fully saturated rings. The van der Waals surface area contributed by atoms with Crippen molar-refractivity contribution >= 4 is 11.0 Å². The van der Waals surface area contributed by atoms with Gasteiger partial charge in [-0.25, -0.2) is 0 Å². The van der Waals surface area contributed by atoms with Crippen molar-refractivity contribution in [1.29, 1.82) is 0 Å². The second-order valence-electron chi connectivity index (χ2n) is 7.47. The summed E-state index contributed by atoms with van der Waals surface area (Å²) < 4.78 is 21.9. The molecule has 5 atom stereocenters. The Morgan fingerprint density at radius 2 is 1.76 bits per heavy atom. The molecule has 1 aliphatic heterocycles. The second-order valence-corrected chi connectivity index (χ2v) is 7.47. The number of phenolic OH excluding ortho intramolecular Hbond substituents is 2. The summed E-state index contributed by atoms with van der Waals surface area (Å²) in [7, 11) is 1.33. The molecule has 0 spiro atoms. The molecular formula is C22H22O11. The van der Waals surface area contributed by atoms with Crippen molar-refractivity contribution in [3.05, 3.63) is 46.6 Å². The van der Waals surface area contributed by atoms with E-state index in [4.69, 9.17) is 18.6 Å². The van der Waals surface area contributed by atoms with E-state index in [0.29, 0.717) is 0 Å². The molecule has 2 heterocycles. The summed E-state index contributed by atoms with van der Waals surface area (Å²) in [4.78, 5) is 13.3. The number of methoxy groups -OCH3 is 1. The van der Waals surface area contributed by atoms with E-state index < -0.39 is 48.5 Å². The lowest BCUT2D eigenvalue weighted by Gasteiger charge is -2.39. The maximum absolute atomic E-state index is 13.3. The van der Waals surface area contributed by atoms with Gasteiger partial charge in [-0.2, -0.15) is 0 Å². The third-order valence-electron chi connectivity index (χ3n) is 5.36. The number of aromatic hydroxyl groups is 2. The number of phenols is 2. The van der Waals surface area contributed by atoms with Gasteiger partial charge in [0.25, 0.3) is 0 Å². The fourth-order valence-electron chi connectivity index (χ4n) is 3.56. The minimum absolute atomic E-state index is 0.0307. The van der Waals surface area contributed by atoms with Gasteiger partial charge in [0.1, 0.15) is 35.7 Å². The number of hydrogen-bond donors (Lipinski definition) is 6. The predicted octanol–water partition coefficient (Wildman–Crippen LogP) is 0.0585. The lowest BCUT2D eigenvalue weighted by molar-refractivity contribution is -0.277. The van der Waals surface area contributed by atoms with Crippen LogP contribution in [0.3, 0.4) is 0 Å². The fourth-order valence-corrected chi connectivity index (χ4v) is 3.56. The number of fused-ring (bicyclic) bond motifs is 1. The second kappa shape index (κ2) is 8.89. The quantitative estimate of drug-likeness (QED) is 0.302. The van der Waals surface area contributed by atoms with Gasteiger partial charge in [0.15, 0.2) is 17.3 Å². The molecule has 1 aliphatic rings. The summed E-state index contributed by atoms with van der Waals surface area (Å²) in [6, 6.07) is 7.93. The van der Waals surface area contributed by atoms with E-state index in [9.17, 15) is 35.4 Å². The molecule has 0 unspecified atom stereocenters. The maximum atomic E-state index is 13.3. The first-order valence-corrected chi connectivity index (χ1v) is 9.89. The van der Waals surface area contributed by atoms with Crippen LogP contribution in [0.25, 0.3) is 22.3 Å². The third-order valence-corrected chi connectivity index (χ3v) is 5.36. The van der Waals surface area contributed by atoms with Crippen LogP contribution in [0.5, 0.6) is 23.0 Å². The topological polar surface area (TPSA) is 179 Å². The number of benzene rings is 2. The molecule has 33 heavy (non-hydrogen) atoms. The Labute approximate surface area is 186 Å². The summed E-state index contributed by atoms with van der Waals surface area (Å²) in [6.45, 7) is -0.682. The number of rotatable bonds is 5. The summed E-state index contributed by atoms with van der Waals surface area (Å²) in [5, 5.41) is 59.6. The van der Waals surface area contributed by atoms with Crippen molar-refractivity contribution in [1.82, 2.24) is 0 Å². The largest absolute Gasteiger partial charge is 0.508 e. The molecule has 11 heteroatoms. The van der Waals surface area contributed by atoms with Crippen LogP contribution in [0, 0.1) is 0 Å². The van der Waals surface area contributed by atoms with Gasteiger partial charge in [0.05, 0.1) is 19.1 Å². The van der Waals surface area contributed by atoms with E-state index in [0.717, 1.165) is 0 Å². The highest BCUT2D eigenvalue weighted by molar-refractivity contribution is 5.83. The summed E-state index contributed by atoms with van der Waals surface area (Å²) >= 11 is 0. The average molecular weight is 462 g/mol. The highest BCUT2D eigenvalue weighted by Gasteiger charge is 2.45. The minimum atomic E-state index is -1.76. The van der Waals surface area contributed by atoms with Crippen molar-refractivity contribution < 1.29 is 49.3 Å². The fraction of sp³-hybridized carbons (Fsp3) is 0.318. The molecular weight excluding hydrogens is 440 g/mol. The van der Waals surface area contributed by atoms with E-state index in [1.807, 2.05) is 0 Å². The van der Waals surface area contributed by atoms with E-state index >= 15 is 0 Å². The summed E-state index contributed by atoms with van der Waals surface area (Å²) in [5.41, 5.74) is -0.412. The van der Waals surface area contributed by atoms with Gasteiger partial charge in [-0.05, 0) is 30.3 Å². The SMILES string of the molecule is COc1cc(-c2oc3cc(O)ccc3c(=O)c2O[C@@H]2O[C@H](CO)[C@@H](O)[C@H](O)[C@H]2O)ccc1O. The zero-order valence-corrected chi connectivity index (χ0v) is 17.3. The Balaban J connectivity index is 1.88. The summed E-state index contributed by atoms with van der Waals surface area (Å²) in [6.07, 6.45) is -7.99. The molecule has 6 N–H and O–H groups in total. The Hall–Kier alpha value is -3.35. The van der Waals surface area contributed by atoms with Crippen LogP contribution in [0.15, 0.2) is 45.6 Å². The van der Waals surface area contributed by atoms with Gasteiger partial charge in [-0.15, -0.1) is 0 Å². The van der Waals surface area contributed by atoms with E-state index in [-0.39, 0.29) is 39.5 Å². The van der Waals surface area contributed by atoms with Crippen molar-refractivity contribution in [2.45, 2.75) is 30.7 Å². The average Bonchev–Trinajstić information content (AvgIpc) is 2.81. The highest BCUT2D eigenvalue weighted by atomic mass is 16.7. The van der Waals surface area contributed by atoms with Crippen LogP contribution in [0.2, 0.25) is 0 Å². The molecule has 0 aliphatic carbocycles. The zero-order chi connectivity index (χ0) is 23.9. The first-order valence-electron chi connectivity index (χ1n) is 9.89. The van der Waals surface area contributed by atoms with E-state index in [2.05, 4.69) is 0 Å². The monoisotopic (exact) mass is 462 g/mol. The van der Waals surface area contributed by atoms with Crippen LogP contribution in [-0.4, -0.2) is 75.1 Å². The molecule has 2 aromatic carbocycles. The minimum Gasteiger partial charge on any atom is -0.508 e. The van der Waals surface area contributed by atoms with Gasteiger partial charge >= 0.3 is 0 Å². The molecule has 0 saturated carbocycles. The Morgan fingerprint density at radius 3 is 2.45 bits per heavy atom. The molecule has 11 nitrogen and oxygen atoms in total. The zero-order valence-electron chi connectivity index (χ0n) is 17.3. The normalized spacial score (nSPS) is 25.2. The van der Waals surface area contributed by atoms with Crippen molar-refractivity contribution in [3.8, 4) is 34.3 Å². The molecule has 176 valence electrons. The van der Waals surface area contributed by atoms with E-state index in [1.54, 1.807) is 0 Å². The molecule has 4 rings (SSSR count). The lowest BCUT2D eigenvalue weighted by Crippen LogP contribution is -2.60. The van der Waals surface area contributed by atoms with Crippen molar-refractivity contribution in [3.63, 3.8) is 0 Å². The molecule has 1 aromatic heterocycles. The van der Waals surface area contributed by atoms with Crippen LogP contribution in [0.4, 0.5) is 0 Å². The Morgan fingerprint density at radius 1 is 1.00 bits per heavy atom. The number of hydrogen-bond acceptors (Lipinski definition) is 11. The molecule has 3 aromatic rings. The molecule has 1 saturated heterocycles. The van der Waals surface area contributed by atoms with Crippen LogP contribution < -0.4 is 14.9 Å². The first-order chi connectivity index (χ1) is 15.7. The van der Waals surface area contributed by atoms with Gasteiger partial charge in [-0.3, -0.25) is 4.79 Å². The Bertz CT molecular complexity index is 1220. The van der Waals surface area contributed by atoms with Crippen LogP contribution in [0.1, 0.15) is 0 Å². The number of aliphatic hydroxyl groups is 4. The van der Waals surface area contributed by atoms with Gasteiger partial charge in [0.2, 0.25) is 17.5 Å². The molecule has 0 bridgehead atoms. The lowest BCUT2D eigenvalue weighted by atomic mass is 9.99. The smallest absolute Gasteiger partial charge is 0.235 e. The number of aliphatic hydroxyl groups excluding tert-OH is 4. The summed E-state index contributed by atoms with van der Waals surface area (Å²) in [5.74, 6) is -0.801. The van der Waals surface area contributed by atoms with Crippen molar-refractivity contribution in [2.24, 2.45) is 0 Å². The predicted molar refractivity (Wildman–Crippen MR) is 112 cm³/mol. The van der Waals surface area contributed by atoms with Gasteiger partial charge in [0, 0.05) is 11.6 Å². The van der Waals surface area contributed by atoms with Gasteiger partial charge in [-0.1, -0.05) is 0 Å². The first kappa shape index (κ1) is 22.8.